The summed E-state index contributed by atoms with van der Waals surface area (Å²) in [6.07, 6.45) is 0. The zero-order valence-electron chi connectivity index (χ0n) is 14.3. The van der Waals surface area contributed by atoms with Crippen LogP contribution in [0.1, 0.15) is 10.4 Å². The zero-order chi connectivity index (χ0) is 19.4. The van der Waals surface area contributed by atoms with Gasteiger partial charge in [-0.15, -0.1) is 0 Å². The molecular formula is C19H17F3N2O3. The van der Waals surface area contributed by atoms with Gasteiger partial charge in [0.15, 0.2) is 18.2 Å². The van der Waals surface area contributed by atoms with E-state index in [1.165, 1.54) is 29.2 Å². The summed E-state index contributed by atoms with van der Waals surface area (Å²) in [6, 6.07) is 8.27. The summed E-state index contributed by atoms with van der Waals surface area (Å²) < 4.78 is 44.7. The summed E-state index contributed by atoms with van der Waals surface area (Å²) in [7, 11) is 0. The highest BCUT2D eigenvalue weighted by Crippen LogP contribution is 2.18. The lowest BCUT2D eigenvalue weighted by atomic mass is 10.1. The van der Waals surface area contributed by atoms with Gasteiger partial charge in [-0.1, -0.05) is 6.07 Å². The van der Waals surface area contributed by atoms with Gasteiger partial charge in [0.1, 0.15) is 11.6 Å². The highest BCUT2D eigenvalue weighted by molar-refractivity contribution is 5.94. The van der Waals surface area contributed by atoms with Gasteiger partial charge in [-0.2, -0.15) is 0 Å². The normalized spacial score (nSPS) is 14.2. The number of carbonyl (C=O) groups is 2. The molecule has 1 saturated heterocycles. The average molecular weight is 378 g/mol. The Morgan fingerprint density at radius 2 is 1.56 bits per heavy atom. The molecule has 5 nitrogen and oxygen atoms in total. The number of halogens is 3. The Labute approximate surface area is 153 Å². The highest BCUT2D eigenvalue weighted by Gasteiger charge is 2.25. The molecule has 27 heavy (non-hydrogen) atoms. The van der Waals surface area contributed by atoms with Crippen LogP contribution >= 0.6 is 0 Å². The van der Waals surface area contributed by atoms with Crippen molar-refractivity contribution in [1.82, 2.24) is 9.80 Å². The van der Waals surface area contributed by atoms with E-state index in [1.807, 2.05) is 0 Å². The fourth-order valence-electron chi connectivity index (χ4n) is 2.79. The van der Waals surface area contributed by atoms with E-state index in [9.17, 15) is 22.8 Å². The summed E-state index contributed by atoms with van der Waals surface area (Å²) in [5.41, 5.74) is 0.255. The topological polar surface area (TPSA) is 49.9 Å². The zero-order valence-corrected chi connectivity index (χ0v) is 14.3. The van der Waals surface area contributed by atoms with Gasteiger partial charge in [0, 0.05) is 37.8 Å². The first kappa shape index (κ1) is 18.8. The quantitative estimate of drug-likeness (QED) is 0.821. The SMILES string of the molecule is O=C(COc1ccc(F)cc1F)N1CCN(C(=O)c2cccc(F)c2)CC1. The number of hydrogen-bond donors (Lipinski definition) is 0. The predicted molar refractivity (Wildman–Crippen MR) is 90.7 cm³/mol. The highest BCUT2D eigenvalue weighted by atomic mass is 19.1. The van der Waals surface area contributed by atoms with Crippen molar-refractivity contribution in [2.75, 3.05) is 32.8 Å². The van der Waals surface area contributed by atoms with E-state index in [1.54, 1.807) is 4.90 Å². The van der Waals surface area contributed by atoms with Crippen molar-refractivity contribution in [3.05, 3.63) is 65.5 Å². The van der Waals surface area contributed by atoms with Crippen LogP contribution in [0.25, 0.3) is 0 Å². The molecule has 142 valence electrons. The van der Waals surface area contributed by atoms with Crippen molar-refractivity contribution in [1.29, 1.82) is 0 Å². The van der Waals surface area contributed by atoms with Gasteiger partial charge in [0.2, 0.25) is 0 Å². The lowest BCUT2D eigenvalue weighted by molar-refractivity contribution is -0.134. The number of carbonyl (C=O) groups excluding carboxylic acids is 2. The first-order valence-electron chi connectivity index (χ1n) is 8.34. The summed E-state index contributed by atoms with van der Waals surface area (Å²) >= 11 is 0. The van der Waals surface area contributed by atoms with E-state index < -0.39 is 17.5 Å². The fraction of sp³-hybridized carbons (Fsp3) is 0.263. The van der Waals surface area contributed by atoms with Crippen LogP contribution in [-0.4, -0.2) is 54.4 Å². The number of rotatable bonds is 4. The van der Waals surface area contributed by atoms with E-state index >= 15 is 0 Å². The molecule has 1 aliphatic rings. The van der Waals surface area contributed by atoms with Gasteiger partial charge in [-0.25, -0.2) is 13.2 Å². The molecule has 1 aliphatic heterocycles. The number of piperazine rings is 1. The molecule has 2 aromatic rings. The van der Waals surface area contributed by atoms with Crippen LogP contribution in [0.2, 0.25) is 0 Å². The Bertz CT molecular complexity index is 852. The first-order chi connectivity index (χ1) is 12.9. The molecular weight excluding hydrogens is 361 g/mol. The second-order valence-corrected chi connectivity index (χ2v) is 6.05. The van der Waals surface area contributed by atoms with Crippen molar-refractivity contribution in [2.24, 2.45) is 0 Å². The Morgan fingerprint density at radius 1 is 0.889 bits per heavy atom. The van der Waals surface area contributed by atoms with Crippen molar-refractivity contribution in [2.45, 2.75) is 0 Å². The average Bonchev–Trinajstić information content (AvgIpc) is 2.66. The maximum Gasteiger partial charge on any atom is 0.260 e. The van der Waals surface area contributed by atoms with Gasteiger partial charge in [-0.3, -0.25) is 9.59 Å². The number of hydrogen-bond acceptors (Lipinski definition) is 3. The van der Waals surface area contributed by atoms with Crippen LogP contribution < -0.4 is 4.74 Å². The monoisotopic (exact) mass is 378 g/mol. The predicted octanol–water partition coefficient (Wildman–Crippen LogP) is 2.47. The van der Waals surface area contributed by atoms with Gasteiger partial charge >= 0.3 is 0 Å². The summed E-state index contributed by atoms with van der Waals surface area (Å²) in [6.45, 7) is 0.780. The Kier molecular flexibility index (Phi) is 5.63. The maximum atomic E-state index is 13.5. The molecule has 0 saturated carbocycles. The minimum Gasteiger partial charge on any atom is -0.481 e. The fourth-order valence-corrected chi connectivity index (χ4v) is 2.79. The smallest absolute Gasteiger partial charge is 0.260 e. The lowest BCUT2D eigenvalue weighted by Gasteiger charge is -2.34. The Balaban J connectivity index is 1.51. The lowest BCUT2D eigenvalue weighted by Crippen LogP contribution is -2.51. The standard InChI is InChI=1S/C19H17F3N2O3/c20-14-3-1-2-13(10-14)19(26)24-8-6-23(7-9-24)18(25)12-27-17-5-4-15(21)11-16(17)22/h1-5,10-11H,6-9,12H2. The minimum absolute atomic E-state index is 0.204. The molecule has 0 spiro atoms. The van der Waals surface area contributed by atoms with Crippen LogP contribution in [0.15, 0.2) is 42.5 Å². The minimum atomic E-state index is -0.881. The number of nitrogens with zero attached hydrogens (tertiary/aromatic N) is 2. The number of ether oxygens (including phenoxy) is 1. The Morgan fingerprint density at radius 3 is 2.22 bits per heavy atom. The van der Waals surface area contributed by atoms with Gasteiger partial charge in [0.25, 0.3) is 11.8 Å². The molecule has 2 amide bonds. The van der Waals surface area contributed by atoms with Gasteiger partial charge < -0.3 is 14.5 Å². The van der Waals surface area contributed by atoms with Crippen molar-refractivity contribution in [3.63, 3.8) is 0 Å². The molecule has 0 N–H and O–H groups in total. The maximum absolute atomic E-state index is 13.5. The van der Waals surface area contributed by atoms with Crippen LogP contribution in [0.4, 0.5) is 13.2 Å². The van der Waals surface area contributed by atoms with Crippen LogP contribution in [-0.2, 0) is 4.79 Å². The molecule has 0 aliphatic carbocycles. The summed E-state index contributed by atoms with van der Waals surface area (Å²) in [5.74, 6) is -2.97. The molecule has 0 unspecified atom stereocenters. The Hall–Kier alpha value is -3.03. The van der Waals surface area contributed by atoms with Crippen LogP contribution in [0.3, 0.4) is 0 Å². The number of benzene rings is 2. The molecule has 1 heterocycles. The van der Waals surface area contributed by atoms with Crippen LogP contribution in [0.5, 0.6) is 5.75 Å². The van der Waals surface area contributed by atoms with Gasteiger partial charge in [0.05, 0.1) is 0 Å². The van der Waals surface area contributed by atoms with Crippen LogP contribution in [0, 0.1) is 17.5 Å². The molecule has 2 aromatic carbocycles. The molecule has 3 rings (SSSR count). The first-order valence-corrected chi connectivity index (χ1v) is 8.34. The molecule has 0 aromatic heterocycles. The van der Waals surface area contributed by atoms with E-state index in [-0.39, 0.29) is 42.8 Å². The molecule has 0 atom stereocenters. The second-order valence-electron chi connectivity index (χ2n) is 6.05. The van der Waals surface area contributed by atoms with Crippen molar-refractivity contribution >= 4 is 11.8 Å². The third kappa shape index (κ3) is 4.58. The number of amides is 2. The third-order valence-electron chi connectivity index (χ3n) is 4.24. The van der Waals surface area contributed by atoms with E-state index in [0.717, 1.165) is 12.1 Å². The molecule has 1 fully saturated rings. The molecule has 8 heteroatoms. The van der Waals surface area contributed by atoms with Crippen molar-refractivity contribution < 1.29 is 27.5 Å². The molecule has 0 bridgehead atoms. The summed E-state index contributed by atoms with van der Waals surface area (Å²) in [4.78, 5) is 27.6. The molecule has 0 radical (unpaired) electrons. The summed E-state index contributed by atoms with van der Waals surface area (Å²) in [5, 5.41) is 0. The van der Waals surface area contributed by atoms with E-state index in [4.69, 9.17) is 4.74 Å². The van der Waals surface area contributed by atoms with Crippen molar-refractivity contribution in [3.8, 4) is 5.75 Å². The largest absolute Gasteiger partial charge is 0.481 e. The second kappa shape index (κ2) is 8.11. The third-order valence-corrected chi connectivity index (χ3v) is 4.24. The van der Waals surface area contributed by atoms with Gasteiger partial charge in [-0.05, 0) is 30.3 Å². The van der Waals surface area contributed by atoms with E-state index in [2.05, 4.69) is 0 Å². The van der Waals surface area contributed by atoms with E-state index in [0.29, 0.717) is 19.2 Å².